The van der Waals surface area contributed by atoms with E-state index in [1.165, 1.54) is 0 Å². The molecule has 1 aromatic rings. The Morgan fingerprint density at radius 1 is 1.75 bits per heavy atom. The number of halogens is 1. The fraction of sp³-hybridized carbons (Fsp3) is 0.167. The van der Waals surface area contributed by atoms with E-state index in [0.717, 1.165) is 10.2 Å². The van der Waals surface area contributed by atoms with Crippen molar-refractivity contribution in [3.05, 3.63) is 28.5 Å². The van der Waals surface area contributed by atoms with E-state index in [9.17, 15) is 0 Å². The van der Waals surface area contributed by atoms with E-state index < -0.39 is 0 Å². The van der Waals surface area contributed by atoms with Crippen LogP contribution in [0.25, 0.3) is 0 Å². The second-order valence-corrected chi connectivity index (χ2v) is 2.43. The highest BCUT2D eigenvalue weighted by Gasteiger charge is 1.83. The molecule has 0 atom stereocenters. The molecule has 1 heterocycles. The van der Waals surface area contributed by atoms with Crippen molar-refractivity contribution in [1.29, 1.82) is 0 Å². The van der Waals surface area contributed by atoms with Crippen LogP contribution in [0.2, 0.25) is 0 Å². The molecule has 41 valence electrons. The van der Waals surface area contributed by atoms with Crippen LogP contribution in [0, 0.1) is 13.0 Å². The molecule has 1 nitrogen and oxygen atoms in total. The van der Waals surface area contributed by atoms with Gasteiger partial charge in [0.2, 0.25) is 0 Å². The van der Waals surface area contributed by atoms with Gasteiger partial charge in [-0.25, -0.2) is 0 Å². The van der Waals surface area contributed by atoms with E-state index in [1.54, 1.807) is 6.20 Å². The predicted molar refractivity (Wildman–Crippen MR) is 35.5 cm³/mol. The third-order valence-electron chi connectivity index (χ3n) is 0.800. The van der Waals surface area contributed by atoms with E-state index >= 15 is 0 Å². The largest absolute Gasteiger partial charge is 0.260 e. The summed E-state index contributed by atoms with van der Waals surface area (Å²) in [5.41, 5.74) is 0.924. The number of pyridine rings is 1. The highest BCUT2D eigenvalue weighted by atomic mass is 79.9. The van der Waals surface area contributed by atoms with Gasteiger partial charge in [0.1, 0.15) is 0 Å². The van der Waals surface area contributed by atoms with E-state index in [-0.39, 0.29) is 0 Å². The SMILES string of the molecule is Cc1[c]cc(Br)cn1. The van der Waals surface area contributed by atoms with Crippen LogP contribution >= 0.6 is 15.9 Å². The van der Waals surface area contributed by atoms with Gasteiger partial charge >= 0.3 is 0 Å². The summed E-state index contributed by atoms with van der Waals surface area (Å²) >= 11 is 3.25. The number of aromatic nitrogens is 1. The molecule has 0 aromatic carbocycles. The van der Waals surface area contributed by atoms with Crippen molar-refractivity contribution in [1.82, 2.24) is 4.98 Å². The Labute approximate surface area is 56.9 Å². The number of nitrogens with zero attached hydrogens (tertiary/aromatic N) is 1. The van der Waals surface area contributed by atoms with Crippen molar-refractivity contribution in [2.24, 2.45) is 0 Å². The molecule has 0 aliphatic carbocycles. The summed E-state index contributed by atoms with van der Waals surface area (Å²) in [5.74, 6) is 0. The molecular formula is C6H5BrN. The lowest BCUT2D eigenvalue weighted by molar-refractivity contribution is 1.18. The molecule has 1 rings (SSSR count). The fourth-order valence-corrected chi connectivity index (χ4v) is 0.623. The first-order valence-corrected chi connectivity index (χ1v) is 3.08. The van der Waals surface area contributed by atoms with Gasteiger partial charge in [-0.3, -0.25) is 4.98 Å². The van der Waals surface area contributed by atoms with E-state index in [2.05, 4.69) is 27.0 Å². The standard InChI is InChI=1S/C6H5BrN/c1-5-2-3-6(7)4-8-5/h3-4H,1H3. The van der Waals surface area contributed by atoms with Crippen molar-refractivity contribution in [2.45, 2.75) is 6.92 Å². The summed E-state index contributed by atoms with van der Waals surface area (Å²) in [6, 6.07) is 4.79. The number of rotatable bonds is 0. The zero-order valence-corrected chi connectivity index (χ0v) is 6.07. The van der Waals surface area contributed by atoms with Crippen LogP contribution in [-0.4, -0.2) is 4.98 Å². The Hall–Kier alpha value is -0.370. The molecule has 0 fully saturated rings. The molecule has 0 spiro atoms. The quantitative estimate of drug-likeness (QED) is 0.581. The van der Waals surface area contributed by atoms with E-state index in [0.29, 0.717) is 0 Å². The Kier molecular flexibility index (Phi) is 1.63. The minimum absolute atomic E-state index is 0.924. The molecule has 0 saturated carbocycles. The van der Waals surface area contributed by atoms with Crippen molar-refractivity contribution in [3.63, 3.8) is 0 Å². The maximum atomic E-state index is 3.98. The Morgan fingerprint density at radius 3 is 2.88 bits per heavy atom. The molecule has 1 radical (unpaired) electrons. The minimum Gasteiger partial charge on any atom is -0.260 e. The Balaban J connectivity index is 3.03. The summed E-state index contributed by atoms with van der Waals surface area (Å²) in [6.45, 7) is 1.91. The first kappa shape index (κ1) is 5.76. The summed E-state index contributed by atoms with van der Waals surface area (Å²) in [4.78, 5) is 3.98. The normalized spacial score (nSPS) is 9.25. The smallest absolute Gasteiger partial charge is 0.0452 e. The zero-order valence-electron chi connectivity index (χ0n) is 4.48. The maximum Gasteiger partial charge on any atom is 0.0452 e. The fourth-order valence-electron chi connectivity index (χ4n) is 0.406. The van der Waals surface area contributed by atoms with Crippen molar-refractivity contribution in [2.75, 3.05) is 0 Å². The third kappa shape index (κ3) is 1.30. The van der Waals surface area contributed by atoms with Crippen molar-refractivity contribution in [3.8, 4) is 0 Å². The van der Waals surface area contributed by atoms with Crippen LogP contribution in [-0.2, 0) is 0 Å². The topological polar surface area (TPSA) is 12.9 Å². The molecule has 0 unspecified atom stereocenters. The van der Waals surface area contributed by atoms with Gasteiger partial charge in [0.15, 0.2) is 0 Å². The number of hydrogen-bond donors (Lipinski definition) is 0. The zero-order chi connectivity index (χ0) is 5.98. The highest BCUT2D eigenvalue weighted by molar-refractivity contribution is 9.10. The first-order valence-electron chi connectivity index (χ1n) is 2.29. The summed E-state index contributed by atoms with van der Waals surface area (Å²) < 4.78 is 0.975. The molecule has 0 aliphatic heterocycles. The summed E-state index contributed by atoms with van der Waals surface area (Å²) in [6.07, 6.45) is 1.76. The van der Waals surface area contributed by atoms with Crippen molar-refractivity contribution >= 4 is 15.9 Å². The number of hydrogen-bond acceptors (Lipinski definition) is 1. The van der Waals surface area contributed by atoms with Crippen LogP contribution in [0.15, 0.2) is 16.7 Å². The Bertz CT molecular complexity index is 147. The van der Waals surface area contributed by atoms with E-state index in [4.69, 9.17) is 0 Å². The van der Waals surface area contributed by atoms with Gasteiger partial charge in [-0.1, -0.05) is 0 Å². The second-order valence-electron chi connectivity index (χ2n) is 1.52. The highest BCUT2D eigenvalue weighted by Crippen LogP contribution is 2.05. The van der Waals surface area contributed by atoms with Gasteiger partial charge in [0, 0.05) is 22.4 Å². The molecule has 0 aliphatic rings. The Morgan fingerprint density at radius 2 is 2.50 bits per heavy atom. The summed E-state index contributed by atoms with van der Waals surface area (Å²) in [7, 11) is 0. The molecule has 1 aromatic heterocycles. The van der Waals surface area contributed by atoms with Gasteiger partial charge in [-0.2, -0.15) is 0 Å². The van der Waals surface area contributed by atoms with Gasteiger partial charge in [0.25, 0.3) is 0 Å². The van der Waals surface area contributed by atoms with Crippen LogP contribution in [0.1, 0.15) is 5.69 Å². The molecule has 0 N–H and O–H groups in total. The van der Waals surface area contributed by atoms with Crippen LogP contribution in [0.5, 0.6) is 0 Å². The minimum atomic E-state index is 0.924. The third-order valence-corrected chi connectivity index (χ3v) is 1.23. The van der Waals surface area contributed by atoms with Gasteiger partial charge < -0.3 is 0 Å². The molecule has 2 heteroatoms. The lowest BCUT2D eigenvalue weighted by Crippen LogP contribution is -1.76. The van der Waals surface area contributed by atoms with Crippen LogP contribution < -0.4 is 0 Å². The van der Waals surface area contributed by atoms with Crippen LogP contribution in [0.3, 0.4) is 0 Å². The maximum absolute atomic E-state index is 3.98. The average molecular weight is 171 g/mol. The lowest BCUT2D eigenvalue weighted by atomic mass is 10.4. The summed E-state index contributed by atoms with van der Waals surface area (Å²) in [5, 5.41) is 0. The first-order chi connectivity index (χ1) is 3.79. The predicted octanol–water partition coefficient (Wildman–Crippen LogP) is 1.95. The van der Waals surface area contributed by atoms with Crippen LogP contribution in [0.4, 0.5) is 0 Å². The molecular weight excluding hydrogens is 166 g/mol. The molecule has 0 saturated heterocycles. The van der Waals surface area contributed by atoms with E-state index in [1.807, 2.05) is 13.0 Å². The molecule has 0 amide bonds. The second kappa shape index (κ2) is 2.27. The monoisotopic (exact) mass is 170 g/mol. The van der Waals surface area contributed by atoms with Gasteiger partial charge in [0.05, 0.1) is 0 Å². The molecule has 8 heavy (non-hydrogen) atoms. The molecule has 0 bridgehead atoms. The van der Waals surface area contributed by atoms with Gasteiger partial charge in [-0.05, 0) is 28.9 Å². The lowest BCUT2D eigenvalue weighted by Gasteiger charge is -1.87. The average Bonchev–Trinajstić information content (AvgIpc) is 1.77. The van der Waals surface area contributed by atoms with Gasteiger partial charge in [-0.15, -0.1) is 0 Å². The van der Waals surface area contributed by atoms with Crippen molar-refractivity contribution < 1.29 is 0 Å². The number of aryl methyl sites for hydroxylation is 1.